The van der Waals surface area contributed by atoms with Crippen LogP contribution in [0.2, 0.25) is 0 Å². The Bertz CT molecular complexity index is 4270. The van der Waals surface area contributed by atoms with Crippen molar-refractivity contribution in [2.75, 3.05) is 0 Å². The van der Waals surface area contributed by atoms with Gasteiger partial charge in [0.1, 0.15) is 11.6 Å². The van der Waals surface area contributed by atoms with Crippen LogP contribution in [-0.2, 0) is 0 Å². The highest BCUT2D eigenvalue weighted by molar-refractivity contribution is 6.16. The normalized spacial score (nSPS) is 12.0. The molecule has 0 aliphatic carbocycles. The quantitative estimate of drug-likeness (QED) is 0.170. The van der Waals surface area contributed by atoms with Gasteiger partial charge < -0.3 is 18.3 Å². The fourth-order valence-corrected chi connectivity index (χ4v) is 11.2. The molecule has 9 heterocycles. The Morgan fingerprint density at radius 2 is 0.691 bits per heavy atom. The standard InChI is InChI=1S/C58H36N10/c1-34-27-36(28-35(2)64-34)54-55(65-46-15-7-3-11-37(46)41-19-23-60-30-50(41)65)45(29-59)56(66-47-16-8-4-12-38(47)42-20-24-61-31-51(42)66)58(68-49-18-10-6-14-40(49)44-22-26-63-33-53(44)68)57(54)67-48-17-9-5-13-39(48)43-21-25-62-32-52(43)67/h3-28,30-33H,1-2H3. The second-order valence-electron chi connectivity index (χ2n) is 17.4. The molecule has 0 atom stereocenters. The van der Waals surface area contributed by atoms with Crippen LogP contribution in [0.25, 0.3) is 121 Å². The Balaban J connectivity index is 1.38. The van der Waals surface area contributed by atoms with Crippen LogP contribution in [0, 0.1) is 25.2 Å². The van der Waals surface area contributed by atoms with Crippen molar-refractivity contribution in [1.82, 2.24) is 43.2 Å². The second-order valence-corrected chi connectivity index (χ2v) is 17.4. The van der Waals surface area contributed by atoms with Gasteiger partial charge in [0.05, 0.1) is 91.7 Å². The van der Waals surface area contributed by atoms with Gasteiger partial charge in [-0.1, -0.05) is 72.8 Å². The summed E-state index contributed by atoms with van der Waals surface area (Å²) >= 11 is 0. The number of aromatic nitrogens is 9. The van der Waals surface area contributed by atoms with Gasteiger partial charge in [0.2, 0.25) is 0 Å². The molecular weight excluding hydrogens is 837 g/mol. The lowest BCUT2D eigenvalue weighted by Gasteiger charge is -2.29. The molecule has 14 aromatic rings. The highest BCUT2D eigenvalue weighted by Crippen LogP contribution is 2.51. The summed E-state index contributed by atoms with van der Waals surface area (Å²) in [6.45, 7) is 4.07. The molecule has 0 radical (unpaired) electrons. The van der Waals surface area contributed by atoms with Crippen LogP contribution in [0.4, 0.5) is 0 Å². The maximum atomic E-state index is 12.5. The number of nitriles is 1. The fourth-order valence-electron chi connectivity index (χ4n) is 11.2. The topological polar surface area (TPSA) is 108 Å². The van der Waals surface area contributed by atoms with E-state index in [0.29, 0.717) is 16.9 Å². The molecule has 0 fully saturated rings. The van der Waals surface area contributed by atoms with Gasteiger partial charge in [0.25, 0.3) is 0 Å². The van der Waals surface area contributed by atoms with E-state index in [2.05, 4.69) is 158 Å². The summed E-state index contributed by atoms with van der Waals surface area (Å²) in [7, 11) is 0. The molecule has 0 bridgehead atoms. The van der Waals surface area contributed by atoms with Crippen LogP contribution in [0.5, 0.6) is 0 Å². The van der Waals surface area contributed by atoms with Gasteiger partial charge in [-0.25, -0.2) is 0 Å². The fraction of sp³-hybridized carbons (Fsp3) is 0.0345. The van der Waals surface area contributed by atoms with Gasteiger partial charge in [-0.15, -0.1) is 0 Å². The zero-order valence-electron chi connectivity index (χ0n) is 36.8. The van der Waals surface area contributed by atoms with Crippen molar-refractivity contribution in [3.63, 3.8) is 0 Å². The minimum Gasteiger partial charge on any atom is -0.306 e. The molecule has 0 saturated heterocycles. The summed E-state index contributed by atoms with van der Waals surface area (Å²) in [4.78, 5) is 24.1. The first kappa shape index (κ1) is 37.9. The molecule has 0 saturated carbocycles. The maximum absolute atomic E-state index is 12.5. The molecule has 10 heteroatoms. The van der Waals surface area contributed by atoms with Crippen LogP contribution in [0.1, 0.15) is 17.0 Å². The SMILES string of the molecule is Cc1cc(-c2c(-n3c4ccccc4c4ccncc43)c(C#N)c(-n3c4ccccc4c4ccncc43)c(-n3c4ccccc4c4ccncc43)c2-n2c3ccccc3c3ccncc32)cc(C)n1. The van der Waals surface area contributed by atoms with E-state index in [9.17, 15) is 5.26 Å². The van der Waals surface area contributed by atoms with E-state index in [1.54, 1.807) is 0 Å². The Morgan fingerprint density at radius 1 is 0.368 bits per heavy atom. The molecule has 0 spiro atoms. The van der Waals surface area contributed by atoms with Crippen molar-refractivity contribution < 1.29 is 0 Å². The lowest BCUT2D eigenvalue weighted by molar-refractivity contribution is 1.02. The van der Waals surface area contributed by atoms with Gasteiger partial charge in [-0.2, -0.15) is 5.26 Å². The first-order valence-electron chi connectivity index (χ1n) is 22.5. The van der Waals surface area contributed by atoms with E-state index in [-0.39, 0.29) is 0 Å². The zero-order chi connectivity index (χ0) is 45.2. The number of rotatable bonds is 5. The van der Waals surface area contributed by atoms with Crippen molar-refractivity contribution in [3.05, 3.63) is 200 Å². The van der Waals surface area contributed by atoms with Crippen molar-refractivity contribution in [2.24, 2.45) is 0 Å². The van der Waals surface area contributed by atoms with E-state index < -0.39 is 0 Å². The van der Waals surface area contributed by atoms with Crippen LogP contribution in [0.15, 0.2) is 183 Å². The van der Waals surface area contributed by atoms with E-state index in [1.807, 2.05) is 63.4 Å². The lowest BCUT2D eigenvalue weighted by Crippen LogP contribution is -2.16. The lowest BCUT2D eigenvalue weighted by atomic mass is 9.93. The molecule has 14 rings (SSSR count). The van der Waals surface area contributed by atoms with Gasteiger partial charge in [0, 0.05) is 84.8 Å². The third kappa shape index (κ3) is 5.12. The number of hydrogen-bond donors (Lipinski definition) is 0. The molecule has 0 aliphatic rings. The van der Waals surface area contributed by atoms with Crippen molar-refractivity contribution in [2.45, 2.75) is 13.8 Å². The third-order valence-corrected chi connectivity index (χ3v) is 13.7. The zero-order valence-corrected chi connectivity index (χ0v) is 36.8. The summed E-state index contributed by atoms with van der Waals surface area (Å²) in [6, 6.07) is 49.5. The summed E-state index contributed by atoms with van der Waals surface area (Å²) < 4.78 is 9.23. The minimum atomic E-state index is 0.456. The highest BCUT2D eigenvalue weighted by Gasteiger charge is 2.35. The second kappa shape index (κ2) is 14.3. The molecule has 0 N–H and O–H groups in total. The number of pyridine rings is 5. The summed E-state index contributed by atoms with van der Waals surface area (Å²) in [5.41, 5.74) is 14.2. The van der Waals surface area contributed by atoms with Gasteiger partial charge in [-0.05, 0) is 80.1 Å². The Labute approximate surface area is 387 Å². The number of fused-ring (bicyclic) bond motifs is 12. The van der Waals surface area contributed by atoms with Gasteiger partial charge in [-0.3, -0.25) is 24.9 Å². The van der Waals surface area contributed by atoms with Crippen LogP contribution >= 0.6 is 0 Å². The number of nitrogens with zero attached hydrogens (tertiary/aromatic N) is 10. The molecule has 0 amide bonds. The largest absolute Gasteiger partial charge is 0.306 e. The first-order valence-corrected chi connectivity index (χ1v) is 22.5. The third-order valence-electron chi connectivity index (χ3n) is 13.7. The smallest absolute Gasteiger partial charge is 0.104 e. The van der Waals surface area contributed by atoms with Crippen molar-refractivity contribution in [1.29, 1.82) is 5.26 Å². The van der Waals surface area contributed by atoms with Crippen LogP contribution < -0.4 is 0 Å². The molecule has 10 nitrogen and oxygen atoms in total. The maximum Gasteiger partial charge on any atom is 0.104 e. The Kier molecular flexibility index (Phi) is 7.95. The predicted octanol–water partition coefficient (Wildman–Crippen LogP) is 13.2. The van der Waals surface area contributed by atoms with E-state index in [4.69, 9.17) is 24.9 Å². The van der Waals surface area contributed by atoms with Gasteiger partial charge in [0.15, 0.2) is 0 Å². The molecular formula is C58H36N10. The monoisotopic (exact) mass is 872 g/mol. The number of hydrogen-bond acceptors (Lipinski definition) is 6. The summed E-state index contributed by atoms with van der Waals surface area (Å²) in [5.74, 6) is 0. The Hall–Kier alpha value is -9.46. The van der Waals surface area contributed by atoms with Crippen molar-refractivity contribution in [3.8, 4) is 39.9 Å². The molecule has 0 unspecified atom stereocenters. The predicted molar refractivity (Wildman–Crippen MR) is 272 cm³/mol. The number of benzene rings is 5. The molecule has 9 aromatic heterocycles. The molecule has 5 aromatic carbocycles. The average Bonchev–Trinajstić information content (AvgIpc) is 4.10. The van der Waals surface area contributed by atoms with Gasteiger partial charge >= 0.3 is 0 Å². The van der Waals surface area contributed by atoms with Crippen molar-refractivity contribution >= 4 is 87.2 Å². The van der Waals surface area contributed by atoms with E-state index in [0.717, 1.165) is 121 Å². The first-order chi connectivity index (χ1) is 33.6. The number of para-hydroxylation sites is 4. The molecule has 68 heavy (non-hydrogen) atoms. The van der Waals surface area contributed by atoms with Crippen LogP contribution in [-0.4, -0.2) is 43.2 Å². The average molecular weight is 873 g/mol. The van der Waals surface area contributed by atoms with Crippen LogP contribution in [0.3, 0.4) is 0 Å². The summed E-state index contributed by atoms with van der Waals surface area (Å²) in [5, 5.41) is 20.9. The number of aryl methyl sites for hydroxylation is 2. The van der Waals surface area contributed by atoms with E-state index in [1.165, 1.54) is 0 Å². The minimum absolute atomic E-state index is 0.456. The van der Waals surface area contributed by atoms with E-state index >= 15 is 0 Å². The summed E-state index contributed by atoms with van der Waals surface area (Å²) in [6.07, 6.45) is 15.2. The molecule has 0 aliphatic heterocycles. The highest BCUT2D eigenvalue weighted by atomic mass is 15.1. The molecule has 318 valence electrons. The Morgan fingerprint density at radius 3 is 1.07 bits per heavy atom.